The Hall–Kier alpha value is -3.46. The molecule has 0 bridgehead atoms. The number of carbonyl (C=O) groups is 2. The molecule has 11 nitrogen and oxygen atoms in total. The first-order valence-electron chi connectivity index (χ1n) is 11.3. The fourth-order valence-corrected chi connectivity index (χ4v) is 4.47. The summed E-state index contributed by atoms with van der Waals surface area (Å²) in [7, 11) is 1.97. The van der Waals surface area contributed by atoms with Gasteiger partial charge in [-0.3, -0.25) is 9.36 Å². The largest absolute Gasteiger partial charge is 0.465 e. The van der Waals surface area contributed by atoms with Gasteiger partial charge in [0.15, 0.2) is 10.8 Å². The van der Waals surface area contributed by atoms with E-state index in [0.717, 1.165) is 24.0 Å². The first-order valence-corrected chi connectivity index (χ1v) is 11.7. The van der Waals surface area contributed by atoms with Gasteiger partial charge in [-0.2, -0.15) is 5.26 Å². The van der Waals surface area contributed by atoms with E-state index < -0.39 is 6.09 Å². The molecule has 1 saturated heterocycles. The number of unbranched alkanes of at least 4 members (excludes halogenated alkanes) is 1. The van der Waals surface area contributed by atoms with Crippen molar-refractivity contribution in [3.63, 3.8) is 0 Å². The zero-order valence-corrected chi connectivity index (χ0v) is 20.2. The third-order valence-electron chi connectivity index (χ3n) is 6.17. The van der Waals surface area contributed by atoms with Crippen molar-refractivity contribution >= 4 is 46.2 Å². The number of likely N-dealkylation sites (tertiary alicyclic amines) is 1. The van der Waals surface area contributed by atoms with Crippen molar-refractivity contribution in [3.8, 4) is 6.07 Å². The van der Waals surface area contributed by atoms with Crippen LogP contribution >= 0.6 is 12.2 Å². The fraction of sp³-hybridized carbons (Fsp3) is 0.545. The highest BCUT2D eigenvalue weighted by molar-refractivity contribution is 7.80. The topological polar surface area (TPSA) is 139 Å². The SMILES string of the molecule is C[C@@H]1CCN(C(=O)CC#N)C[C@@H]1N(C)c1ncnc2c1ccn2C(=S)NCCCCNC(=O)O. The van der Waals surface area contributed by atoms with E-state index in [4.69, 9.17) is 22.6 Å². The van der Waals surface area contributed by atoms with E-state index in [-0.39, 0.29) is 18.4 Å². The second-order valence-corrected chi connectivity index (χ2v) is 8.80. The molecule has 1 aliphatic rings. The molecule has 182 valence electrons. The maximum Gasteiger partial charge on any atom is 0.404 e. The lowest BCUT2D eigenvalue weighted by molar-refractivity contribution is -0.131. The zero-order chi connectivity index (χ0) is 24.7. The van der Waals surface area contributed by atoms with E-state index in [1.54, 1.807) is 9.47 Å². The number of piperidine rings is 1. The van der Waals surface area contributed by atoms with Crippen molar-refractivity contribution < 1.29 is 14.7 Å². The van der Waals surface area contributed by atoms with Crippen LogP contribution in [0.3, 0.4) is 0 Å². The number of amides is 2. The molecule has 1 fully saturated rings. The van der Waals surface area contributed by atoms with Crippen molar-refractivity contribution in [2.75, 3.05) is 38.1 Å². The molecule has 0 radical (unpaired) electrons. The first-order chi connectivity index (χ1) is 16.3. The van der Waals surface area contributed by atoms with E-state index >= 15 is 0 Å². The first kappa shape index (κ1) is 25.2. The van der Waals surface area contributed by atoms with Crippen LogP contribution in [0.2, 0.25) is 0 Å². The Kier molecular flexibility index (Phi) is 8.59. The number of likely N-dealkylation sites (N-methyl/N-ethyl adjacent to an activating group) is 1. The Labute approximate surface area is 203 Å². The van der Waals surface area contributed by atoms with E-state index in [9.17, 15) is 9.59 Å². The lowest BCUT2D eigenvalue weighted by Crippen LogP contribution is -2.52. The number of hydrogen-bond acceptors (Lipinski definition) is 7. The summed E-state index contributed by atoms with van der Waals surface area (Å²) < 4.78 is 1.80. The third kappa shape index (κ3) is 5.91. The molecule has 3 N–H and O–H groups in total. The number of carbonyl (C=O) groups excluding carboxylic acids is 1. The van der Waals surface area contributed by atoms with Crippen molar-refractivity contribution in [2.24, 2.45) is 5.92 Å². The molecule has 0 saturated carbocycles. The molecule has 2 atom stereocenters. The molecular formula is C22H30N8O3S. The number of nitriles is 1. The average molecular weight is 487 g/mol. The predicted octanol–water partition coefficient (Wildman–Crippen LogP) is 1.79. The normalized spacial score (nSPS) is 17.7. The summed E-state index contributed by atoms with van der Waals surface area (Å²) in [6, 6.07) is 3.93. The minimum absolute atomic E-state index is 0.0577. The highest BCUT2D eigenvalue weighted by atomic mass is 32.1. The molecule has 0 spiro atoms. The van der Waals surface area contributed by atoms with E-state index in [1.165, 1.54) is 6.33 Å². The number of nitrogens with zero attached hydrogens (tertiary/aromatic N) is 6. The van der Waals surface area contributed by atoms with Crippen LogP contribution in [0.25, 0.3) is 11.0 Å². The minimum Gasteiger partial charge on any atom is -0.465 e. The maximum absolute atomic E-state index is 12.3. The fourth-order valence-electron chi connectivity index (χ4n) is 4.22. The van der Waals surface area contributed by atoms with Crippen molar-refractivity contribution in [3.05, 3.63) is 18.6 Å². The Morgan fingerprint density at radius 3 is 2.76 bits per heavy atom. The van der Waals surface area contributed by atoms with Crippen LogP contribution in [0.5, 0.6) is 0 Å². The molecule has 2 aromatic rings. The van der Waals surface area contributed by atoms with E-state index in [0.29, 0.717) is 49.3 Å². The molecule has 0 aromatic carbocycles. The van der Waals surface area contributed by atoms with Gasteiger partial charge in [0.25, 0.3) is 0 Å². The second-order valence-electron chi connectivity index (χ2n) is 8.41. The molecule has 2 aromatic heterocycles. The van der Waals surface area contributed by atoms with Gasteiger partial charge in [0.2, 0.25) is 5.91 Å². The van der Waals surface area contributed by atoms with Gasteiger partial charge in [-0.1, -0.05) is 6.92 Å². The van der Waals surface area contributed by atoms with Crippen LogP contribution in [0.4, 0.5) is 10.6 Å². The summed E-state index contributed by atoms with van der Waals surface area (Å²) in [6.07, 6.45) is 4.57. The number of carboxylic acid groups (broad SMARTS) is 1. The maximum atomic E-state index is 12.3. The minimum atomic E-state index is -1.02. The molecule has 34 heavy (non-hydrogen) atoms. The Balaban J connectivity index is 1.70. The molecule has 3 rings (SSSR count). The van der Waals surface area contributed by atoms with Gasteiger partial charge in [-0.15, -0.1) is 0 Å². The molecule has 2 amide bonds. The van der Waals surface area contributed by atoms with E-state index in [1.807, 2.05) is 25.4 Å². The standard InChI is InChI=1S/C22H30N8O3S/c1-15-6-11-29(18(31)5-8-23)13-17(15)28(2)19-16-7-12-30(20(16)27-14-26-19)21(34)24-9-3-4-10-25-22(32)33/h7,12,14-15,17,25H,3-6,9-11,13H2,1-2H3,(H,24,34)(H,32,33)/t15-,17+/m1/s1. The molecule has 1 aliphatic heterocycles. The van der Waals surface area contributed by atoms with E-state index in [2.05, 4.69) is 32.4 Å². The van der Waals surface area contributed by atoms with Gasteiger partial charge in [0.1, 0.15) is 18.6 Å². The van der Waals surface area contributed by atoms with Crippen molar-refractivity contribution in [2.45, 2.75) is 38.6 Å². The highest BCUT2D eigenvalue weighted by Crippen LogP contribution is 2.29. The Morgan fingerprint density at radius 1 is 1.32 bits per heavy atom. The van der Waals surface area contributed by atoms with Crippen molar-refractivity contribution in [1.29, 1.82) is 5.26 Å². The van der Waals surface area contributed by atoms with Gasteiger partial charge in [0, 0.05) is 39.4 Å². The quantitative estimate of drug-likeness (QED) is 0.376. The number of fused-ring (bicyclic) bond motifs is 1. The van der Waals surface area contributed by atoms with Crippen LogP contribution in [-0.4, -0.2) is 80.9 Å². The van der Waals surface area contributed by atoms with Gasteiger partial charge in [0.05, 0.1) is 17.5 Å². The summed E-state index contributed by atoms with van der Waals surface area (Å²) in [4.78, 5) is 35.6. The smallest absolute Gasteiger partial charge is 0.404 e. The predicted molar refractivity (Wildman–Crippen MR) is 132 cm³/mol. The van der Waals surface area contributed by atoms with Gasteiger partial charge >= 0.3 is 6.09 Å². The van der Waals surface area contributed by atoms with Crippen LogP contribution in [0.1, 0.15) is 32.6 Å². The summed E-state index contributed by atoms with van der Waals surface area (Å²) in [5.41, 5.74) is 0.683. The van der Waals surface area contributed by atoms with Gasteiger partial charge in [-0.05, 0) is 43.5 Å². The highest BCUT2D eigenvalue weighted by Gasteiger charge is 2.32. The molecular weight excluding hydrogens is 456 g/mol. The monoisotopic (exact) mass is 486 g/mol. The summed E-state index contributed by atoms with van der Waals surface area (Å²) >= 11 is 5.54. The van der Waals surface area contributed by atoms with Crippen LogP contribution < -0.4 is 15.5 Å². The number of hydrogen-bond donors (Lipinski definition) is 3. The molecule has 3 heterocycles. The second kappa shape index (κ2) is 11.6. The number of thiocarbonyl (C=S) groups is 1. The van der Waals surface area contributed by atoms with Crippen LogP contribution in [0.15, 0.2) is 18.6 Å². The number of anilines is 1. The Bertz CT molecular complexity index is 1080. The summed E-state index contributed by atoms with van der Waals surface area (Å²) in [5, 5.41) is 24.4. The third-order valence-corrected chi connectivity index (χ3v) is 6.51. The summed E-state index contributed by atoms with van der Waals surface area (Å²) in [5.74, 6) is 0.973. The van der Waals surface area contributed by atoms with Crippen LogP contribution in [0, 0.1) is 17.2 Å². The lowest BCUT2D eigenvalue weighted by atomic mass is 9.92. The average Bonchev–Trinajstić information content (AvgIpc) is 3.25. The molecule has 12 heteroatoms. The van der Waals surface area contributed by atoms with Crippen LogP contribution in [-0.2, 0) is 4.79 Å². The Morgan fingerprint density at radius 2 is 2.06 bits per heavy atom. The van der Waals surface area contributed by atoms with Gasteiger partial charge in [-0.25, -0.2) is 14.8 Å². The lowest BCUT2D eigenvalue weighted by Gasteiger charge is -2.42. The molecule has 0 unspecified atom stereocenters. The van der Waals surface area contributed by atoms with Crippen molar-refractivity contribution in [1.82, 2.24) is 30.1 Å². The zero-order valence-electron chi connectivity index (χ0n) is 19.4. The number of rotatable bonds is 8. The summed E-state index contributed by atoms with van der Waals surface area (Å²) in [6.45, 7) is 4.39. The number of aromatic nitrogens is 3. The molecule has 0 aliphatic carbocycles. The van der Waals surface area contributed by atoms with Gasteiger partial charge < -0.3 is 25.5 Å². The number of nitrogens with one attached hydrogen (secondary N) is 2.